The van der Waals surface area contributed by atoms with Gasteiger partial charge in [-0.25, -0.2) is 0 Å². The van der Waals surface area contributed by atoms with Crippen molar-refractivity contribution in [2.45, 2.75) is 56.7 Å². The van der Waals surface area contributed by atoms with Gasteiger partial charge in [-0.3, -0.25) is 9.69 Å². The van der Waals surface area contributed by atoms with Crippen molar-refractivity contribution in [3.63, 3.8) is 0 Å². The van der Waals surface area contributed by atoms with Gasteiger partial charge < -0.3 is 11.1 Å². The zero-order valence-corrected chi connectivity index (χ0v) is 10.4. The van der Waals surface area contributed by atoms with Crippen LogP contribution in [0.4, 0.5) is 0 Å². The third-order valence-electron chi connectivity index (χ3n) is 4.78. The molecule has 4 nitrogen and oxygen atoms in total. The third kappa shape index (κ3) is 2.20. The van der Waals surface area contributed by atoms with Gasteiger partial charge in [-0.2, -0.15) is 0 Å². The minimum Gasteiger partial charge on any atom is -0.352 e. The van der Waals surface area contributed by atoms with Crippen molar-refractivity contribution < 1.29 is 4.79 Å². The second-order valence-corrected chi connectivity index (χ2v) is 5.92. The van der Waals surface area contributed by atoms with Crippen LogP contribution in [0.25, 0.3) is 0 Å². The van der Waals surface area contributed by atoms with Crippen LogP contribution in [0.5, 0.6) is 0 Å². The second kappa shape index (κ2) is 4.58. The third-order valence-corrected chi connectivity index (χ3v) is 4.78. The monoisotopic (exact) mass is 237 g/mol. The van der Waals surface area contributed by atoms with E-state index in [4.69, 9.17) is 5.73 Å². The van der Waals surface area contributed by atoms with Gasteiger partial charge in [0.05, 0.1) is 0 Å². The van der Waals surface area contributed by atoms with E-state index in [0.29, 0.717) is 12.1 Å². The normalized spacial score (nSPS) is 41.7. The van der Waals surface area contributed by atoms with Crippen LogP contribution < -0.4 is 11.1 Å². The maximum absolute atomic E-state index is 12.2. The van der Waals surface area contributed by atoms with Crippen LogP contribution in [0.3, 0.4) is 0 Å². The number of hydrogen-bond acceptors (Lipinski definition) is 3. The summed E-state index contributed by atoms with van der Waals surface area (Å²) in [5.41, 5.74) is 5.87. The first kappa shape index (κ1) is 11.5. The molecule has 1 amide bonds. The van der Waals surface area contributed by atoms with Crippen LogP contribution >= 0.6 is 0 Å². The fraction of sp³-hybridized carbons (Fsp3) is 0.923. The summed E-state index contributed by atoms with van der Waals surface area (Å²) in [5, 5.41) is 3.28. The Morgan fingerprint density at radius 3 is 2.82 bits per heavy atom. The van der Waals surface area contributed by atoms with E-state index >= 15 is 0 Å². The lowest BCUT2D eigenvalue weighted by Gasteiger charge is -2.22. The van der Waals surface area contributed by atoms with Gasteiger partial charge in [-0.1, -0.05) is 0 Å². The van der Waals surface area contributed by atoms with Crippen LogP contribution in [0, 0.1) is 5.92 Å². The molecule has 17 heavy (non-hydrogen) atoms. The second-order valence-electron chi connectivity index (χ2n) is 5.92. The summed E-state index contributed by atoms with van der Waals surface area (Å²) in [6.45, 7) is 2.39. The summed E-state index contributed by atoms with van der Waals surface area (Å²) < 4.78 is 0. The van der Waals surface area contributed by atoms with Crippen LogP contribution in [0.2, 0.25) is 0 Å². The van der Waals surface area contributed by atoms with E-state index in [1.807, 2.05) is 0 Å². The molecule has 0 aromatic rings. The number of carbonyl (C=O) groups is 1. The maximum atomic E-state index is 12.2. The van der Waals surface area contributed by atoms with E-state index in [-0.39, 0.29) is 17.9 Å². The van der Waals surface area contributed by atoms with Crippen LogP contribution in [-0.2, 0) is 4.79 Å². The molecule has 96 valence electrons. The highest BCUT2D eigenvalue weighted by Crippen LogP contribution is 2.29. The Morgan fingerprint density at radius 1 is 1.18 bits per heavy atom. The molecule has 0 aromatic carbocycles. The first-order chi connectivity index (χ1) is 8.24. The Morgan fingerprint density at radius 2 is 2.06 bits per heavy atom. The van der Waals surface area contributed by atoms with E-state index < -0.39 is 0 Å². The highest BCUT2D eigenvalue weighted by molar-refractivity contribution is 5.79. The first-order valence-corrected chi connectivity index (χ1v) is 7.04. The Labute approximate surface area is 103 Å². The lowest BCUT2D eigenvalue weighted by molar-refractivity contribution is -0.125. The van der Waals surface area contributed by atoms with Gasteiger partial charge in [0.15, 0.2) is 0 Å². The van der Waals surface area contributed by atoms with Crippen molar-refractivity contribution in [3.8, 4) is 0 Å². The van der Waals surface area contributed by atoms with Crippen LogP contribution in [0.15, 0.2) is 0 Å². The number of rotatable bonds is 2. The topological polar surface area (TPSA) is 58.4 Å². The number of fused-ring (bicyclic) bond motifs is 1. The number of nitrogens with zero attached hydrogens (tertiary/aromatic N) is 1. The molecule has 4 heteroatoms. The molecule has 4 atom stereocenters. The Hall–Kier alpha value is -0.610. The zero-order valence-electron chi connectivity index (χ0n) is 10.4. The Kier molecular flexibility index (Phi) is 3.09. The molecule has 2 aliphatic heterocycles. The summed E-state index contributed by atoms with van der Waals surface area (Å²) in [5.74, 6) is 0.442. The Balaban J connectivity index is 1.54. The number of amides is 1. The summed E-state index contributed by atoms with van der Waals surface area (Å²) in [7, 11) is 0. The summed E-state index contributed by atoms with van der Waals surface area (Å²) >= 11 is 0. The molecule has 1 saturated carbocycles. The molecule has 0 spiro atoms. The highest BCUT2D eigenvalue weighted by atomic mass is 16.2. The fourth-order valence-electron chi connectivity index (χ4n) is 3.81. The molecule has 3 aliphatic rings. The molecular formula is C13H23N3O. The standard InChI is InChI=1S/C13H23N3O/c14-10-4-3-9(8-10)13(17)15-11-5-7-16-6-1-2-12(11)16/h9-12H,1-8,14H2,(H,15,17). The molecule has 0 aromatic heterocycles. The summed E-state index contributed by atoms with van der Waals surface area (Å²) in [4.78, 5) is 14.7. The number of hydrogen-bond donors (Lipinski definition) is 2. The fourth-order valence-corrected chi connectivity index (χ4v) is 3.81. The van der Waals surface area contributed by atoms with E-state index in [1.54, 1.807) is 0 Å². The van der Waals surface area contributed by atoms with E-state index in [1.165, 1.54) is 25.9 Å². The number of nitrogens with two attached hydrogens (primary N) is 1. The molecule has 0 bridgehead atoms. The minimum absolute atomic E-state index is 0.181. The molecule has 2 heterocycles. The SMILES string of the molecule is NC1CCC(C(=O)NC2CCN3CCCC23)C1. The lowest BCUT2D eigenvalue weighted by Crippen LogP contribution is -2.44. The van der Waals surface area contributed by atoms with Gasteiger partial charge in [0, 0.05) is 30.6 Å². The zero-order chi connectivity index (χ0) is 11.8. The average Bonchev–Trinajstić information content (AvgIpc) is 2.96. The van der Waals surface area contributed by atoms with Crippen molar-refractivity contribution in [2.24, 2.45) is 11.7 Å². The van der Waals surface area contributed by atoms with Gasteiger partial charge in [-0.05, 0) is 45.1 Å². The van der Waals surface area contributed by atoms with Gasteiger partial charge in [0.25, 0.3) is 0 Å². The molecule has 3 rings (SSSR count). The molecule has 2 saturated heterocycles. The van der Waals surface area contributed by atoms with E-state index in [9.17, 15) is 4.79 Å². The van der Waals surface area contributed by atoms with Crippen LogP contribution in [0.1, 0.15) is 38.5 Å². The Bertz CT molecular complexity index is 307. The highest BCUT2D eigenvalue weighted by Gasteiger charge is 2.39. The predicted octanol–water partition coefficient (Wildman–Crippen LogP) is 0.467. The summed E-state index contributed by atoms with van der Waals surface area (Å²) in [6, 6.07) is 1.27. The molecule has 1 aliphatic carbocycles. The van der Waals surface area contributed by atoms with Gasteiger partial charge in [0.2, 0.25) is 5.91 Å². The molecule has 3 N–H and O–H groups in total. The predicted molar refractivity (Wildman–Crippen MR) is 66.5 cm³/mol. The van der Waals surface area contributed by atoms with Crippen molar-refractivity contribution in [3.05, 3.63) is 0 Å². The van der Waals surface area contributed by atoms with Gasteiger partial charge in [-0.15, -0.1) is 0 Å². The molecule has 3 fully saturated rings. The number of carbonyl (C=O) groups excluding carboxylic acids is 1. The molecular weight excluding hydrogens is 214 g/mol. The van der Waals surface area contributed by atoms with E-state index in [0.717, 1.165) is 25.7 Å². The van der Waals surface area contributed by atoms with E-state index in [2.05, 4.69) is 10.2 Å². The largest absolute Gasteiger partial charge is 0.352 e. The first-order valence-electron chi connectivity index (χ1n) is 7.04. The van der Waals surface area contributed by atoms with Crippen molar-refractivity contribution in [1.82, 2.24) is 10.2 Å². The summed E-state index contributed by atoms with van der Waals surface area (Å²) in [6.07, 6.45) is 6.56. The average molecular weight is 237 g/mol. The number of nitrogens with one attached hydrogen (secondary N) is 1. The van der Waals surface area contributed by atoms with Crippen LogP contribution in [-0.4, -0.2) is 42.0 Å². The van der Waals surface area contributed by atoms with Crippen molar-refractivity contribution >= 4 is 5.91 Å². The van der Waals surface area contributed by atoms with Crippen molar-refractivity contribution in [2.75, 3.05) is 13.1 Å². The molecule has 4 unspecified atom stereocenters. The lowest BCUT2D eigenvalue weighted by atomic mass is 10.0. The van der Waals surface area contributed by atoms with Gasteiger partial charge in [0.1, 0.15) is 0 Å². The van der Waals surface area contributed by atoms with Gasteiger partial charge >= 0.3 is 0 Å². The van der Waals surface area contributed by atoms with Crippen molar-refractivity contribution in [1.29, 1.82) is 0 Å². The minimum atomic E-state index is 0.181. The molecule has 0 radical (unpaired) electrons. The maximum Gasteiger partial charge on any atom is 0.223 e. The quantitative estimate of drug-likeness (QED) is 0.734. The smallest absolute Gasteiger partial charge is 0.223 e.